The molecule has 0 saturated carbocycles. The Balaban J connectivity index is 1.95. The van der Waals surface area contributed by atoms with Crippen LogP contribution < -0.4 is 0 Å². The van der Waals surface area contributed by atoms with Crippen molar-refractivity contribution in [2.75, 3.05) is 19.8 Å². The predicted octanol–water partition coefficient (Wildman–Crippen LogP) is 2.58. The summed E-state index contributed by atoms with van der Waals surface area (Å²) in [5.74, 6) is -0.184. The Morgan fingerprint density at radius 2 is 2.32 bits per heavy atom. The van der Waals surface area contributed by atoms with E-state index in [1.807, 2.05) is 23.1 Å². The van der Waals surface area contributed by atoms with Crippen molar-refractivity contribution in [1.29, 1.82) is 0 Å². The van der Waals surface area contributed by atoms with Crippen molar-refractivity contribution in [3.05, 3.63) is 36.0 Å². The first-order valence-electron chi connectivity index (χ1n) is 7.67. The summed E-state index contributed by atoms with van der Waals surface area (Å²) in [4.78, 5) is 18.8. The molecule has 3 rings (SSSR count). The molecule has 2 heterocycles. The van der Waals surface area contributed by atoms with E-state index in [-0.39, 0.29) is 17.7 Å². The molecule has 5 heteroatoms. The molecule has 5 nitrogen and oxygen atoms in total. The molecule has 1 unspecified atom stereocenters. The number of aromatic nitrogens is 1. The van der Waals surface area contributed by atoms with Gasteiger partial charge >= 0.3 is 0 Å². The third-order valence-electron chi connectivity index (χ3n) is 4.09. The lowest BCUT2D eigenvalue weighted by Crippen LogP contribution is -2.48. The second-order valence-corrected chi connectivity index (χ2v) is 5.55. The van der Waals surface area contributed by atoms with Gasteiger partial charge in [-0.2, -0.15) is 0 Å². The Kier molecular flexibility index (Phi) is 4.24. The molecule has 0 radical (unpaired) electrons. The van der Waals surface area contributed by atoms with Crippen LogP contribution in [0.3, 0.4) is 0 Å². The Bertz CT molecular complexity index is 685. The molecule has 1 aliphatic heterocycles. The van der Waals surface area contributed by atoms with E-state index in [4.69, 9.17) is 4.74 Å². The number of amides is 1. The summed E-state index contributed by atoms with van der Waals surface area (Å²) in [6.45, 7) is 3.75. The van der Waals surface area contributed by atoms with Crippen molar-refractivity contribution < 1.29 is 14.6 Å². The number of hydrogen-bond acceptors (Lipinski definition) is 4. The lowest BCUT2D eigenvalue weighted by molar-refractivity contribution is -0.00445. The van der Waals surface area contributed by atoms with Crippen LogP contribution >= 0.6 is 0 Å². The fourth-order valence-corrected chi connectivity index (χ4v) is 2.95. The first kappa shape index (κ1) is 14.8. The van der Waals surface area contributed by atoms with Crippen molar-refractivity contribution in [2.24, 2.45) is 0 Å². The molecule has 22 heavy (non-hydrogen) atoms. The van der Waals surface area contributed by atoms with Gasteiger partial charge in [0.15, 0.2) is 5.75 Å². The summed E-state index contributed by atoms with van der Waals surface area (Å²) in [7, 11) is 0. The lowest BCUT2D eigenvalue weighted by Gasteiger charge is -2.35. The number of morpholine rings is 1. The molecule has 1 atom stereocenters. The zero-order valence-electron chi connectivity index (χ0n) is 12.7. The first-order valence-corrected chi connectivity index (χ1v) is 7.67. The Morgan fingerprint density at radius 3 is 3.14 bits per heavy atom. The normalized spacial score (nSPS) is 18.6. The Hall–Kier alpha value is -2.14. The number of ether oxygens (including phenoxy) is 1. The minimum Gasteiger partial charge on any atom is -0.505 e. The van der Waals surface area contributed by atoms with E-state index in [2.05, 4.69) is 11.9 Å². The average Bonchev–Trinajstić information content (AvgIpc) is 2.56. The molecule has 116 valence electrons. The van der Waals surface area contributed by atoms with Crippen molar-refractivity contribution in [2.45, 2.75) is 25.8 Å². The number of nitrogens with zero attached hydrogens (tertiary/aromatic N) is 2. The van der Waals surface area contributed by atoms with Crippen LogP contribution in [0.2, 0.25) is 0 Å². The van der Waals surface area contributed by atoms with Crippen LogP contribution in [0.25, 0.3) is 10.9 Å². The number of pyridine rings is 1. The molecule has 0 spiro atoms. The van der Waals surface area contributed by atoms with Gasteiger partial charge in [0.25, 0.3) is 5.91 Å². The largest absolute Gasteiger partial charge is 0.505 e. The zero-order chi connectivity index (χ0) is 15.5. The molecular formula is C17H20N2O3. The molecule has 1 saturated heterocycles. The van der Waals surface area contributed by atoms with Crippen LogP contribution in [0.4, 0.5) is 0 Å². The number of carbonyl (C=O) groups excluding carboxylic acids is 1. The molecule has 1 aromatic carbocycles. The van der Waals surface area contributed by atoms with Gasteiger partial charge in [-0.1, -0.05) is 25.5 Å². The van der Waals surface area contributed by atoms with Crippen LogP contribution in [-0.2, 0) is 4.74 Å². The van der Waals surface area contributed by atoms with Gasteiger partial charge in [-0.3, -0.25) is 9.78 Å². The van der Waals surface area contributed by atoms with E-state index in [9.17, 15) is 9.90 Å². The van der Waals surface area contributed by atoms with E-state index in [1.54, 1.807) is 12.3 Å². The highest BCUT2D eigenvalue weighted by Crippen LogP contribution is 2.29. The lowest BCUT2D eigenvalue weighted by atomic mass is 10.1. The minimum atomic E-state index is -0.146. The number of carbonyl (C=O) groups is 1. The number of benzene rings is 1. The number of phenols is 1. The molecule has 1 N–H and O–H groups in total. The van der Waals surface area contributed by atoms with E-state index in [0.29, 0.717) is 30.8 Å². The maximum atomic E-state index is 12.8. The van der Waals surface area contributed by atoms with Gasteiger partial charge in [-0.15, -0.1) is 0 Å². The number of hydrogen-bond donors (Lipinski definition) is 1. The highest BCUT2D eigenvalue weighted by molar-refractivity contribution is 6.02. The maximum Gasteiger partial charge on any atom is 0.258 e. The summed E-state index contributed by atoms with van der Waals surface area (Å²) >= 11 is 0. The predicted molar refractivity (Wildman–Crippen MR) is 84.0 cm³/mol. The van der Waals surface area contributed by atoms with Gasteiger partial charge in [0.2, 0.25) is 0 Å². The standard InChI is InChI=1S/C17H20N2O3/c1-2-4-13-11-22-10-9-19(13)17(21)14-7-6-12-5-3-8-18-15(12)16(14)20/h3,5-8,13,20H,2,4,9-11H2,1H3. The third kappa shape index (κ3) is 2.64. The van der Waals surface area contributed by atoms with Crippen molar-refractivity contribution >= 4 is 16.8 Å². The number of rotatable bonds is 3. The van der Waals surface area contributed by atoms with Crippen molar-refractivity contribution in [1.82, 2.24) is 9.88 Å². The molecule has 1 aromatic heterocycles. The van der Waals surface area contributed by atoms with Gasteiger partial charge in [-0.25, -0.2) is 0 Å². The quantitative estimate of drug-likeness (QED) is 0.946. The van der Waals surface area contributed by atoms with E-state index in [0.717, 1.165) is 18.2 Å². The van der Waals surface area contributed by atoms with Crippen LogP contribution in [0.15, 0.2) is 30.5 Å². The summed E-state index contributed by atoms with van der Waals surface area (Å²) in [6.07, 6.45) is 3.51. The topological polar surface area (TPSA) is 62.7 Å². The fraction of sp³-hybridized carbons (Fsp3) is 0.412. The average molecular weight is 300 g/mol. The van der Waals surface area contributed by atoms with Crippen LogP contribution in [-0.4, -0.2) is 46.7 Å². The summed E-state index contributed by atoms with van der Waals surface area (Å²) in [5.41, 5.74) is 0.780. The van der Waals surface area contributed by atoms with Crippen LogP contribution in [0.1, 0.15) is 30.1 Å². The summed E-state index contributed by atoms with van der Waals surface area (Å²) in [6, 6.07) is 7.25. The fourth-order valence-electron chi connectivity index (χ4n) is 2.95. The second kappa shape index (κ2) is 6.32. The first-order chi connectivity index (χ1) is 10.7. The number of aromatic hydroxyl groups is 1. The minimum absolute atomic E-state index is 0.0372. The SMILES string of the molecule is CCCC1COCCN1C(=O)c1ccc2cccnc2c1O. The molecule has 1 amide bonds. The second-order valence-electron chi connectivity index (χ2n) is 5.55. The highest BCUT2D eigenvalue weighted by atomic mass is 16.5. The van der Waals surface area contributed by atoms with Crippen LogP contribution in [0, 0.1) is 0 Å². The van der Waals surface area contributed by atoms with Gasteiger partial charge in [0.1, 0.15) is 5.52 Å². The highest BCUT2D eigenvalue weighted by Gasteiger charge is 2.29. The van der Waals surface area contributed by atoms with Gasteiger partial charge in [0, 0.05) is 18.1 Å². The third-order valence-corrected chi connectivity index (χ3v) is 4.09. The van der Waals surface area contributed by atoms with Crippen molar-refractivity contribution in [3.8, 4) is 5.75 Å². The number of fused-ring (bicyclic) bond motifs is 1. The van der Waals surface area contributed by atoms with Gasteiger partial charge in [-0.05, 0) is 18.6 Å². The maximum absolute atomic E-state index is 12.8. The van der Waals surface area contributed by atoms with Crippen LogP contribution in [0.5, 0.6) is 5.75 Å². The molecule has 0 aliphatic carbocycles. The zero-order valence-corrected chi connectivity index (χ0v) is 12.7. The van der Waals surface area contributed by atoms with E-state index < -0.39 is 0 Å². The Labute approximate surface area is 129 Å². The smallest absolute Gasteiger partial charge is 0.258 e. The molecule has 0 bridgehead atoms. The van der Waals surface area contributed by atoms with Crippen molar-refractivity contribution in [3.63, 3.8) is 0 Å². The number of phenolic OH excluding ortho intramolecular Hbond substituents is 1. The van der Waals surface area contributed by atoms with E-state index in [1.165, 1.54) is 0 Å². The molecule has 1 fully saturated rings. The Morgan fingerprint density at radius 1 is 1.45 bits per heavy atom. The summed E-state index contributed by atoms with van der Waals surface area (Å²) < 4.78 is 5.48. The summed E-state index contributed by atoms with van der Waals surface area (Å²) in [5, 5.41) is 11.2. The van der Waals surface area contributed by atoms with Gasteiger partial charge < -0.3 is 14.7 Å². The monoisotopic (exact) mass is 300 g/mol. The van der Waals surface area contributed by atoms with E-state index >= 15 is 0 Å². The van der Waals surface area contributed by atoms with Gasteiger partial charge in [0.05, 0.1) is 24.8 Å². The molecule has 1 aliphatic rings. The molecule has 2 aromatic rings. The molecular weight excluding hydrogens is 280 g/mol.